The number of rotatable bonds is 5. The van der Waals surface area contributed by atoms with Crippen LogP contribution >= 0.6 is 12.4 Å². The summed E-state index contributed by atoms with van der Waals surface area (Å²) in [5.74, 6) is -0.192. The van der Waals surface area contributed by atoms with Crippen LogP contribution in [0.25, 0.3) is 0 Å². The van der Waals surface area contributed by atoms with Gasteiger partial charge in [0.15, 0.2) is 0 Å². The molecule has 1 atom stereocenters. The van der Waals surface area contributed by atoms with Gasteiger partial charge in [-0.1, -0.05) is 6.07 Å². The van der Waals surface area contributed by atoms with Gasteiger partial charge in [-0.2, -0.15) is 0 Å². The molecule has 2 rings (SSSR count). The molecule has 1 unspecified atom stereocenters. The van der Waals surface area contributed by atoms with Crippen molar-refractivity contribution in [3.8, 4) is 5.75 Å². The van der Waals surface area contributed by atoms with Crippen LogP contribution in [0.2, 0.25) is 0 Å². The monoisotopic (exact) mass is 346 g/mol. The Morgan fingerprint density at radius 3 is 2.57 bits per heavy atom. The number of amides is 1. The molecule has 1 heterocycles. The molecule has 5 nitrogen and oxygen atoms in total. The first-order valence-electron chi connectivity index (χ1n) is 7.43. The molecule has 0 saturated carbocycles. The van der Waals surface area contributed by atoms with Crippen molar-refractivity contribution in [3.63, 3.8) is 0 Å². The molecule has 0 bridgehead atoms. The summed E-state index contributed by atoms with van der Waals surface area (Å²) < 4.78 is 24.8. The van der Waals surface area contributed by atoms with Gasteiger partial charge in [-0.15, -0.1) is 12.4 Å². The van der Waals surface area contributed by atoms with Crippen LogP contribution < -0.4 is 15.4 Å². The van der Waals surface area contributed by atoms with E-state index in [1.165, 1.54) is 13.2 Å². The van der Waals surface area contributed by atoms with Crippen LogP contribution in [0.5, 0.6) is 5.75 Å². The second-order valence-corrected chi connectivity index (χ2v) is 5.50. The van der Waals surface area contributed by atoms with Gasteiger partial charge in [0.25, 0.3) is 5.91 Å². The van der Waals surface area contributed by atoms with E-state index in [2.05, 4.69) is 10.6 Å². The van der Waals surface area contributed by atoms with Crippen LogP contribution in [0.4, 0.5) is 4.39 Å². The van der Waals surface area contributed by atoms with Gasteiger partial charge in [-0.3, -0.25) is 4.79 Å². The van der Waals surface area contributed by atoms with E-state index in [0.717, 1.165) is 13.1 Å². The zero-order valence-electron chi connectivity index (χ0n) is 13.6. The molecular formula is C16H24ClFN2O3. The van der Waals surface area contributed by atoms with E-state index in [1.807, 2.05) is 0 Å². The summed E-state index contributed by atoms with van der Waals surface area (Å²) in [6.45, 7) is 3.18. The normalized spacial score (nSPS) is 17.7. The van der Waals surface area contributed by atoms with Gasteiger partial charge < -0.3 is 20.1 Å². The maximum Gasteiger partial charge on any atom is 0.252 e. The molecule has 1 amide bonds. The van der Waals surface area contributed by atoms with E-state index in [9.17, 15) is 9.18 Å². The van der Waals surface area contributed by atoms with Crippen LogP contribution in [0.1, 0.15) is 31.4 Å². The van der Waals surface area contributed by atoms with E-state index < -0.39 is 17.5 Å². The summed E-state index contributed by atoms with van der Waals surface area (Å²) in [6, 6.07) is 4.11. The predicted molar refractivity (Wildman–Crippen MR) is 88.6 cm³/mol. The molecule has 23 heavy (non-hydrogen) atoms. The van der Waals surface area contributed by atoms with Crippen molar-refractivity contribution < 1.29 is 18.7 Å². The summed E-state index contributed by atoms with van der Waals surface area (Å²) in [4.78, 5) is 12.6. The fourth-order valence-electron chi connectivity index (χ4n) is 2.87. The lowest BCUT2D eigenvalue weighted by atomic mass is 9.90. The van der Waals surface area contributed by atoms with E-state index in [-0.39, 0.29) is 18.3 Å². The van der Waals surface area contributed by atoms with Gasteiger partial charge in [0.1, 0.15) is 17.2 Å². The highest BCUT2D eigenvalue weighted by Crippen LogP contribution is 2.29. The van der Waals surface area contributed by atoms with E-state index in [1.54, 1.807) is 26.2 Å². The molecule has 0 aromatic heterocycles. The highest BCUT2D eigenvalue weighted by Gasteiger charge is 2.40. The Kier molecular flexibility index (Phi) is 7.25. The first-order valence-corrected chi connectivity index (χ1v) is 7.43. The number of piperidine rings is 1. The van der Waals surface area contributed by atoms with Gasteiger partial charge in [-0.25, -0.2) is 4.39 Å². The highest BCUT2D eigenvalue weighted by molar-refractivity contribution is 5.86. The molecule has 0 spiro atoms. The Labute approximate surface area is 142 Å². The predicted octanol–water partition coefficient (Wildman–Crippen LogP) is 2.20. The van der Waals surface area contributed by atoms with Gasteiger partial charge in [0.05, 0.1) is 18.7 Å². The summed E-state index contributed by atoms with van der Waals surface area (Å²) in [5, 5.41) is 6.06. The summed E-state index contributed by atoms with van der Waals surface area (Å²) in [7, 11) is 3.02. The van der Waals surface area contributed by atoms with Crippen molar-refractivity contribution in [2.24, 2.45) is 0 Å². The minimum Gasteiger partial charge on any atom is -0.496 e. The number of nitrogens with one attached hydrogen (secondary N) is 2. The number of carbonyl (C=O) groups excluding carboxylic acids is 1. The lowest BCUT2D eigenvalue weighted by Gasteiger charge is -2.35. The van der Waals surface area contributed by atoms with Crippen LogP contribution in [-0.2, 0) is 9.53 Å². The first kappa shape index (κ1) is 19.7. The quantitative estimate of drug-likeness (QED) is 0.858. The molecule has 130 valence electrons. The van der Waals surface area contributed by atoms with Crippen molar-refractivity contribution >= 4 is 18.3 Å². The second kappa shape index (κ2) is 8.47. The Balaban J connectivity index is 0.00000264. The summed E-state index contributed by atoms with van der Waals surface area (Å²) in [5.41, 5.74) is -0.503. The van der Waals surface area contributed by atoms with E-state index in [4.69, 9.17) is 9.47 Å². The molecule has 2 N–H and O–H groups in total. The maximum atomic E-state index is 14.1. The highest BCUT2D eigenvalue weighted by atomic mass is 35.5. The SMILES string of the molecule is COc1cccc(F)c1C(C)NC(=O)C1(OC)CCNCC1.Cl. The largest absolute Gasteiger partial charge is 0.496 e. The molecule has 1 aliphatic rings. The second-order valence-electron chi connectivity index (χ2n) is 5.50. The van der Waals surface area contributed by atoms with Crippen molar-refractivity contribution in [2.75, 3.05) is 27.3 Å². The number of benzene rings is 1. The van der Waals surface area contributed by atoms with E-state index >= 15 is 0 Å². The maximum absolute atomic E-state index is 14.1. The fraction of sp³-hybridized carbons (Fsp3) is 0.562. The van der Waals surface area contributed by atoms with Crippen molar-refractivity contribution in [1.29, 1.82) is 0 Å². The fourth-order valence-corrected chi connectivity index (χ4v) is 2.87. The number of hydrogen-bond acceptors (Lipinski definition) is 4. The minimum atomic E-state index is -0.849. The zero-order valence-corrected chi connectivity index (χ0v) is 14.5. The van der Waals surface area contributed by atoms with Gasteiger partial charge >= 0.3 is 0 Å². The average molecular weight is 347 g/mol. The molecule has 1 saturated heterocycles. The number of carbonyl (C=O) groups is 1. The zero-order chi connectivity index (χ0) is 16.2. The third-order valence-corrected chi connectivity index (χ3v) is 4.23. The van der Waals surface area contributed by atoms with Crippen molar-refractivity contribution in [2.45, 2.75) is 31.4 Å². The molecule has 0 aliphatic carbocycles. The molecule has 0 radical (unpaired) electrons. The minimum absolute atomic E-state index is 0. The van der Waals surface area contributed by atoms with Crippen LogP contribution in [0.3, 0.4) is 0 Å². The lowest BCUT2D eigenvalue weighted by Crippen LogP contribution is -2.54. The molecule has 1 aliphatic heterocycles. The van der Waals surface area contributed by atoms with Crippen LogP contribution in [0, 0.1) is 5.82 Å². The van der Waals surface area contributed by atoms with Crippen LogP contribution in [0.15, 0.2) is 18.2 Å². The topological polar surface area (TPSA) is 59.6 Å². The number of hydrogen-bond donors (Lipinski definition) is 2. The number of methoxy groups -OCH3 is 2. The number of halogens is 2. The molecule has 1 aromatic carbocycles. The summed E-state index contributed by atoms with van der Waals surface area (Å²) in [6.07, 6.45) is 1.19. The molecule has 1 aromatic rings. The Morgan fingerprint density at radius 2 is 2.00 bits per heavy atom. The van der Waals surface area contributed by atoms with Gasteiger partial charge in [0.2, 0.25) is 0 Å². The standard InChI is InChI=1S/C16H23FN2O3.ClH/c1-11(14-12(17)5-4-6-13(14)21-2)19-15(20)16(22-3)7-9-18-10-8-16;/h4-6,11,18H,7-10H2,1-3H3,(H,19,20);1H. The lowest BCUT2D eigenvalue weighted by molar-refractivity contribution is -0.147. The third-order valence-electron chi connectivity index (χ3n) is 4.23. The molecular weight excluding hydrogens is 323 g/mol. The van der Waals surface area contributed by atoms with Crippen LogP contribution in [-0.4, -0.2) is 38.8 Å². The van der Waals surface area contributed by atoms with Gasteiger partial charge in [0, 0.05) is 7.11 Å². The van der Waals surface area contributed by atoms with Crippen molar-refractivity contribution in [3.05, 3.63) is 29.6 Å². The first-order chi connectivity index (χ1) is 10.5. The third kappa shape index (κ3) is 4.13. The van der Waals surface area contributed by atoms with Gasteiger partial charge in [-0.05, 0) is 45.0 Å². The Bertz CT molecular complexity index is 536. The Morgan fingerprint density at radius 1 is 1.35 bits per heavy atom. The average Bonchev–Trinajstić information content (AvgIpc) is 2.54. The van der Waals surface area contributed by atoms with Crippen molar-refractivity contribution in [1.82, 2.24) is 10.6 Å². The smallest absolute Gasteiger partial charge is 0.252 e. The van der Waals surface area contributed by atoms with E-state index in [0.29, 0.717) is 24.2 Å². The molecule has 1 fully saturated rings. The molecule has 7 heteroatoms. The number of ether oxygens (including phenoxy) is 2. The Hall–Kier alpha value is -1.37. The summed E-state index contributed by atoms with van der Waals surface area (Å²) >= 11 is 0.